The van der Waals surface area contributed by atoms with Crippen molar-refractivity contribution in [3.8, 4) is 0 Å². The van der Waals surface area contributed by atoms with Gasteiger partial charge < -0.3 is 15.6 Å². The Morgan fingerprint density at radius 1 is 1.32 bits per heavy atom. The topological polar surface area (TPSA) is 109 Å². The maximum atomic E-state index is 12.9. The molecular weight excluding hydrogens is 284 g/mol. The van der Waals surface area contributed by atoms with Crippen molar-refractivity contribution in [3.63, 3.8) is 0 Å². The second-order valence-corrected chi connectivity index (χ2v) is 7.20. The number of Topliss-reactive ketones (excluding diaryl/α,β-unsaturated/α-hetero) is 1. The number of fused-ring (bicyclic) bond motifs is 2. The van der Waals surface area contributed by atoms with Gasteiger partial charge in [-0.3, -0.25) is 20.7 Å². The van der Waals surface area contributed by atoms with E-state index < -0.39 is 0 Å². The monoisotopic (exact) mass is 310 g/mol. The molecule has 1 aliphatic carbocycles. The van der Waals surface area contributed by atoms with Gasteiger partial charge in [0.15, 0.2) is 5.78 Å². The van der Waals surface area contributed by atoms with E-state index in [2.05, 4.69) is 16.0 Å². The molecule has 6 N–H and O–H groups in total. The highest BCUT2D eigenvalue weighted by molar-refractivity contribution is 5.88. The molecule has 22 heavy (non-hydrogen) atoms. The van der Waals surface area contributed by atoms with Gasteiger partial charge in [-0.15, -0.1) is 0 Å². The predicted molar refractivity (Wildman–Crippen MR) is 79.5 cm³/mol. The lowest BCUT2D eigenvalue weighted by atomic mass is 9.77. The van der Waals surface area contributed by atoms with Crippen LogP contribution in [0.5, 0.6) is 0 Å². The van der Waals surface area contributed by atoms with Crippen LogP contribution >= 0.6 is 0 Å². The first kappa shape index (κ1) is 15.0. The molecule has 0 amide bonds. The molecule has 3 aliphatic heterocycles. The van der Waals surface area contributed by atoms with Gasteiger partial charge in [0.2, 0.25) is 0 Å². The molecule has 124 valence electrons. The van der Waals surface area contributed by atoms with Crippen molar-refractivity contribution in [2.45, 2.75) is 56.4 Å². The van der Waals surface area contributed by atoms with Gasteiger partial charge in [0.05, 0.1) is 30.4 Å². The van der Waals surface area contributed by atoms with Gasteiger partial charge in [-0.2, -0.15) is 0 Å². The average Bonchev–Trinajstić information content (AvgIpc) is 2.46. The summed E-state index contributed by atoms with van der Waals surface area (Å²) in [6.07, 6.45) is 3.78. The Labute approximate surface area is 130 Å². The van der Waals surface area contributed by atoms with Crippen molar-refractivity contribution in [2.75, 3.05) is 13.2 Å². The van der Waals surface area contributed by atoms with E-state index in [-0.39, 0.29) is 54.9 Å². The number of carbonyl (C=O) groups excluding carboxylic acids is 1. The zero-order valence-corrected chi connectivity index (χ0v) is 12.7. The summed E-state index contributed by atoms with van der Waals surface area (Å²) in [5, 5.41) is 19.5. The third kappa shape index (κ3) is 2.40. The first-order valence-electron chi connectivity index (χ1n) is 8.48. The summed E-state index contributed by atoms with van der Waals surface area (Å²) in [4.78, 5) is 12.9. The van der Waals surface area contributed by atoms with Crippen LogP contribution in [0.25, 0.3) is 0 Å². The fourth-order valence-corrected chi connectivity index (χ4v) is 4.23. The standard InChI is InChI=1S/C15H26N4O3/c16-13-8(6-20)4-9-12(21)11-10(22-15(9)19-13)5-17-14(18-11)7-2-1-3-7/h7-11,13-15,17-20H,1-6,16H2. The number of hydrogen-bond acceptors (Lipinski definition) is 7. The van der Waals surface area contributed by atoms with Crippen molar-refractivity contribution >= 4 is 5.78 Å². The van der Waals surface area contributed by atoms with Crippen molar-refractivity contribution in [1.29, 1.82) is 0 Å². The molecule has 0 aromatic carbocycles. The molecule has 1 saturated carbocycles. The number of ketones is 1. The van der Waals surface area contributed by atoms with Crippen LogP contribution in [0.4, 0.5) is 0 Å². The minimum atomic E-state index is -0.324. The van der Waals surface area contributed by atoms with Gasteiger partial charge in [-0.25, -0.2) is 0 Å². The van der Waals surface area contributed by atoms with Gasteiger partial charge in [-0.05, 0) is 25.2 Å². The summed E-state index contributed by atoms with van der Waals surface area (Å²) in [5.74, 6) is 0.542. The summed E-state index contributed by atoms with van der Waals surface area (Å²) >= 11 is 0. The number of aliphatic hydroxyl groups is 1. The number of aliphatic hydroxyl groups excluding tert-OH is 1. The summed E-state index contributed by atoms with van der Waals surface area (Å²) < 4.78 is 6.09. The third-order valence-electron chi connectivity index (χ3n) is 5.91. The van der Waals surface area contributed by atoms with Crippen LogP contribution in [0.1, 0.15) is 25.7 Å². The van der Waals surface area contributed by atoms with Crippen molar-refractivity contribution in [1.82, 2.24) is 16.0 Å². The maximum absolute atomic E-state index is 12.9. The van der Waals surface area contributed by atoms with E-state index in [9.17, 15) is 9.90 Å². The lowest BCUT2D eigenvalue weighted by Crippen LogP contribution is -2.74. The molecule has 3 saturated heterocycles. The van der Waals surface area contributed by atoms with Crippen LogP contribution in [0, 0.1) is 17.8 Å². The van der Waals surface area contributed by atoms with E-state index in [1.54, 1.807) is 0 Å². The van der Waals surface area contributed by atoms with Crippen molar-refractivity contribution < 1.29 is 14.6 Å². The second-order valence-electron chi connectivity index (χ2n) is 7.20. The first-order valence-corrected chi connectivity index (χ1v) is 8.48. The third-order valence-corrected chi connectivity index (χ3v) is 5.91. The number of nitrogens with two attached hydrogens (primary N) is 1. The first-order chi connectivity index (χ1) is 10.7. The van der Waals surface area contributed by atoms with Crippen LogP contribution in [0.15, 0.2) is 0 Å². The van der Waals surface area contributed by atoms with E-state index >= 15 is 0 Å². The minimum Gasteiger partial charge on any atom is -0.396 e. The fraction of sp³-hybridized carbons (Fsp3) is 0.933. The Balaban J connectivity index is 1.47. The normalized spacial score (nSPS) is 49.2. The van der Waals surface area contributed by atoms with E-state index in [1.807, 2.05) is 0 Å². The van der Waals surface area contributed by atoms with Crippen molar-refractivity contribution in [2.24, 2.45) is 23.5 Å². The number of carbonyl (C=O) groups is 1. The molecule has 3 heterocycles. The Morgan fingerprint density at radius 3 is 2.82 bits per heavy atom. The number of nitrogens with one attached hydrogen (secondary N) is 3. The molecule has 7 nitrogen and oxygen atoms in total. The number of rotatable bonds is 2. The number of ether oxygens (including phenoxy) is 1. The molecule has 4 aliphatic rings. The molecule has 7 unspecified atom stereocenters. The highest BCUT2D eigenvalue weighted by atomic mass is 16.5. The largest absolute Gasteiger partial charge is 0.396 e. The highest BCUT2D eigenvalue weighted by Gasteiger charge is 2.51. The predicted octanol–water partition coefficient (Wildman–Crippen LogP) is -1.53. The van der Waals surface area contributed by atoms with Crippen molar-refractivity contribution in [3.05, 3.63) is 0 Å². The zero-order chi connectivity index (χ0) is 15.3. The van der Waals surface area contributed by atoms with Gasteiger partial charge in [0.25, 0.3) is 0 Å². The Morgan fingerprint density at radius 2 is 2.14 bits per heavy atom. The smallest absolute Gasteiger partial charge is 0.159 e. The highest BCUT2D eigenvalue weighted by Crippen LogP contribution is 2.35. The molecule has 0 spiro atoms. The van der Waals surface area contributed by atoms with Gasteiger partial charge in [0, 0.05) is 19.1 Å². The van der Waals surface area contributed by atoms with Crippen LogP contribution in [-0.4, -0.2) is 54.7 Å². The van der Waals surface area contributed by atoms with Gasteiger partial charge in [-0.1, -0.05) is 6.42 Å². The molecule has 7 atom stereocenters. The Hall–Kier alpha value is -0.570. The minimum absolute atomic E-state index is 0.00154. The summed E-state index contributed by atoms with van der Waals surface area (Å²) in [5.41, 5.74) is 6.00. The molecule has 4 fully saturated rings. The SMILES string of the molecule is NC1NC2OC3CNC(C4CCC4)NC3C(=O)C2CC1CO. The Kier molecular flexibility index (Phi) is 3.96. The van der Waals surface area contributed by atoms with E-state index in [0.29, 0.717) is 18.9 Å². The van der Waals surface area contributed by atoms with Crippen LogP contribution in [-0.2, 0) is 9.53 Å². The zero-order valence-electron chi connectivity index (χ0n) is 12.7. The molecule has 0 aromatic heterocycles. The fourth-order valence-electron chi connectivity index (χ4n) is 4.23. The molecule has 7 heteroatoms. The molecule has 0 bridgehead atoms. The average molecular weight is 310 g/mol. The lowest BCUT2D eigenvalue weighted by Gasteiger charge is -2.51. The summed E-state index contributed by atoms with van der Waals surface area (Å²) in [6, 6.07) is -0.233. The summed E-state index contributed by atoms with van der Waals surface area (Å²) in [7, 11) is 0. The maximum Gasteiger partial charge on any atom is 0.159 e. The van der Waals surface area contributed by atoms with Crippen LogP contribution in [0.3, 0.4) is 0 Å². The van der Waals surface area contributed by atoms with E-state index in [4.69, 9.17) is 10.5 Å². The lowest BCUT2D eigenvalue weighted by molar-refractivity contribution is -0.173. The van der Waals surface area contributed by atoms with E-state index in [1.165, 1.54) is 19.3 Å². The van der Waals surface area contributed by atoms with E-state index in [0.717, 1.165) is 0 Å². The molecular formula is C15H26N4O3. The van der Waals surface area contributed by atoms with Crippen LogP contribution in [0.2, 0.25) is 0 Å². The molecule has 0 radical (unpaired) electrons. The Bertz CT molecular complexity index is 445. The molecule has 4 rings (SSSR count). The van der Waals surface area contributed by atoms with Gasteiger partial charge in [0.1, 0.15) is 6.23 Å². The number of hydrogen-bond donors (Lipinski definition) is 5. The molecule has 0 aromatic rings. The second kappa shape index (κ2) is 5.81. The number of piperidine rings is 1. The van der Waals surface area contributed by atoms with Crippen LogP contribution < -0.4 is 21.7 Å². The van der Waals surface area contributed by atoms with Gasteiger partial charge >= 0.3 is 0 Å². The summed E-state index contributed by atoms with van der Waals surface area (Å²) in [6.45, 7) is 0.701. The quantitative estimate of drug-likeness (QED) is 0.421.